The molecule has 0 aliphatic heterocycles. The molecule has 0 aromatic heterocycles. The Bertz CT molecular complexity index is 1030. The number of alkyl halides is 3. The average Bonchev–Trinajstić information content (AvgIpc) is 2.85. The van der Waals surface area contributed by atoms with Gasteiger partial charge in [-0.15, -0.1) is 6.58 Å². The summed E-state index contributed by atoms with van der Waals surface area (Å²) in [4.78, 5) is 35.1. The number of hydrogen-bond donors (Lipinski definition) is 3. The first-order valence-corrected chi connectivity index (χ1v) is 12.3. The Morgan fingerprint density at radius 2 is 1.49 bits per heavy atom. The van der Waals surface area contributed by atoms with Crippen molar-refractivity contribution in [1.29, 1.82) is 0 Å². The highest BCUT2D eigenvalue weighted by atomic mass is 19.4. The van der Waals surface area contributed by atoms with Crippen LogP contribution in [0.4, 0.5) is 18.9 Å². The van der Waals surface area contributed by atoms with Crippen LogP contribution in [0.3, 0.4) is 0 Å². The van der Waals surface area contributed by atoms with Crippen LogP contribution in [0, 0.1) is 0 Å². The largest absolute Gasteiger partial charge is 0.474 e. The number of carbonyl (C=O) groups is 3. The molecule has 0 radical (unpaired) electrons. The van der Waals surface area contributed by atoms with E-state index in [1.807, 2.05) is 6.08 Å². The molecule has 6 nitrogen and oxygen atoms in total. The molecule has 0 bridgehead atoms. The van der Waals surface area contributed by atoms with Gasteiger partial charge in [0.2, 0.25) is 5.91 Å². The molecule has 1 atom stereocenters. The fourth-order valence-corrected chi connectivity index (χ4v) is 3.84. The lowest BCUT2D eigenvalue weighted by Crippen LogP contribution is -2.35. The summed E-state index contributed by atoms with van der Waals surface area (Å²) in [5.41, 5.74) is 0.785. The van der Waals surface area contributed by atoms with Crippen molar-refractivity contribution in [2.24, 2.45) is 0 Å². The van der Waals surface area contributed by atoms with Crippen LogP contribution in [0.1, 0.15) is 74.1 Å². The number of halogens is 3. The smallest absolute Gasteiger partial charge is 0.416 e. The number of nitrogens with one attached hydrogen (secondary N) is 2. The summed E-state index contributed by atoms with van der Waals surface area (Å²) >= 11 is 0. The summed E-state index contributed by atoms with van der Waals surface area (Å²) in [6, 6.07) is 10.2. The quantitative estimate of drug-likeness (QED) is 0.152. The molecule has 200 valence electrons. The Morgan fingerprint density at radius 1 is 0.892 bits per heavy atom. The van der Waals surface area contributed by atoms with Crippen LogP contribution in [0.5, 0.6) is 0 Å². The van der Waals surface area contributed by atoms with Gasteiger partial charge in [-0.05, 0) is 61.1 Å². The van der Waals surface area contributed by atoms with E-state index in [2.05, 4.69) is 17.2 Å². The van der Waals surface area contributed by atoms with Gasteiger partial charge in [0.15, 0.2) is 0 Å². The van der Waals surface area contributed by atoms with Crippen LogP contribution in [0.15, 0.2) is 61.2 Å². The van der Waals surface area contributed by atoms with E-state index in [0.29, 0.717) is 23.2 Å². The fraction of sp³-hybridized carbons (Fsp3) is 0.393. The van der Waals surface area contributed by atoms with Gasteiger partial charge in [0.25, 0.3) is 0 Å². The van der Waals surface area contributed by atoms with Crippen LogP contribution in [-0.2, 0) is 27.0 Å². The van der Waals surface area contributed by atoms with Crippen LogP contribution in [0.2, 0.25) is 0 Å². The molecule has 0 saturated carbocycles. The predicted molar refractivity (Wildman–Crippen MR) is 136 cm³/mol. The summed E-state index contributed by atoms with van der Waals surface area (Å²) < 4.78 is 38.5. The third-order valence-corrected chi connectivity index (χ3v) is 5.88. The molecule has 0 saturated heterocycles. The summed E-state index contributed by atoms with van der Waals surface area (Å²) in [6.07, 6.45) is 5.27. The normalized spacial score (nSPS) is 12.0. The molecule has 2 rings (SSSR count). The number of unbranched alkanes of at least 4 members (excludes halogenated alkanes) is 6. The maximum absolute atomic E-state index is 12.8. The molecule has 37 heavy (non-hydrogen) atoms. The number of aliphatic carboxylic acids is 1. The lowest BCUT2D eigenvalue weighted by Gasteiger charge is -2.19. The number of rotatable bonds is 14. The van der Waals surface area contributed by atoms with Crippen molar-refractivity contribution < 1.29 is 32.7 Å². The molecule has 0 heterocycles. The second-order valence-corrected chi connectivity index (χ2v) is 8.85. The van der Waals surface area contributed by atoms with Crippen molar-refractivity contribution in [2.75, 3.05) is 5.32 Å². The van der Waals surface area contributed by atoms with Gasteiger partial charge in [-0.25, -0.2) is 4.79 Å². The zero-order chi connectivity index (χ0) is 27.3. The second-order valence-electron chi connectivity index (χ2n) is 8.85. The number of carboxylic acid groups (broad SMARTS) is 1. The number of benzene rings is 2. The average molecular weight is 519 g/mol. The van der Waals surface area contributed by atoms with Gasteiger partial charge in [-0.2, -0.15) is 13.2 Å². The number of amides is 2. The number of carbonyl (C=O) groups excluding carboxylic acids is 2. The molecule has 2 aromatic rings. The molecule has 2 amide bonds. The van der Waals surface area contributed by atoms with Crippen molar-refractivity contribution >= 4 is 23.5 Å². The first-order chi connectivity index (χ1) is 17.6. The highest BCUT2D eigenvalue weighted by Gasteiger charge is 2.30. The van der Waals surface area contributed by atoms with Crippen molar-refractivity contribution in [2.45, 2.75) is 70.0 Å². The van der Waals surface area contributed by atoms with Crippen LogP contribution >= 0.6 is 0 Å². The van der Waals surface area contributed by atoms with E-state index in [0.717, 1.165) is 57.1 Å². The van der Waals surface area contributed by atoms with Crippen LogP contribution in [-0.4, -0.2) is 22.9 Å². The lowest BCUT2D eigenvalue weighted by molar-refractivity contribution is -0.150. The number of anilines is 1. The third-order valence-electron chi connectivity index (χ3n) is 5.88. The van der Waals surface area contributed by atoms with Crippen molar-refractivity contribution in [3.05, 3.63) is 77.9 Å². The van der Waals surface area contributed by atoms with Gasteiger partial charge in [0.05, 0.1) is 11.6 Å². The molecule has 1 unspecified atom stereocenters. The molecule has 0 aliphatic rings. The molecule has 9 heteroatoms. The minimum atomic E-state index is -4.47. The first-order valence-electron chi connectivity index (χ1n) is 12.3. The number of allylic oxidation sites excluding steroid dienone is 1. The Balaban J connectivity index is 1.95. The van der Waals surface area contributed by atoms with Crippen molar-refractivity contribution in [3.63, 3.8) is 0 Å². The second kappa shape index (κ2) is 14.8. The Hall–Kier alpha value is -3.62. The van der Waals surface area contributed by atoms with E-state index in [1.165, 1.54) is 12.1 Å². The Morgan fingerprint density at radius 3 is 2.05 bits per heavy atom. The van der Waals surface area contributed by atoms with Gasteiger partial charge < -0.3 is 15.7 Å². The van der Waals surface area contributed by atoms with E-state index >= 15 is 0 Å². The van der Waals surface area contributed by atoms with Crippen molar-refractivity contribution in [3.8, 4) is 0 Å². The van der Waals surface area contributed by atoms with E-state index in [-0.39, 0.29) is 12.3 Å². The minimum Gasteiger partial charge on any atom is -0.474 e. The van der Waals surface area contributed by atoms with Crippen LogP contribution < -0.4 is 10.6 Å². The molecule has 0 fully saturated rings. The molecular formula is C28H33F3N2O4. The zero-order valence-electron chi connectivity index (χ0n) is 20.7. The minimum absolute atomic E-state index is 0.0798. The number of carboxylic acids is 1. The third kappa shape index (κ3) is 10.9. The molecule has 0 spiro atoms. The topological polar surface area (TPSA) is 95.5 Å². The van der Waals surface area contributed by atoms with E-state index < -0.39 is 29.7 Å². The number of hydrogen-bond acceptors (Lipinski definition) is 3. The molecule has 3 N–H and O–H groups in total. The van der Waals surface area contributed by atoms with E-state index in [9.17, 15) is 27.6 Å². The summed E-state index contributed by atoms with van der Waals surface area (Å²) in [5, 5.41) is 14.2. The van der Waals surface area contributed by atoms with Gasteiger partial charge in [0.1, 0.15) is 0 Å². The Kier molecular flexibility index (Phi) is 11.9. The summed E-state index contributed by atoms with van der Waals surface area (Å²) in [7, 11) is 0. The molecule has 2 aromatic carbocycles. The maximum atomic E-state index is 12.8. The predicted octanol–water partition coefficient (Wildman–Crippen LogP) is 6.44. The highest BCUT2D eigenvalue weighted by Crippen LogP contribution is 2.30. The van der Waals surface area contributed by atoms with Gasteiger partial charge in [0, 0.05) is 12.1 Å². The standard InChI is InChI=1S/C28H33F3N2O4/c1-2-3-4-5-6-7-8-9-10-25(34)32-23-17-13-21(14-18-23)24(33-26(35)27(36)37)19-20-11-15-22(16-12-20)28(29,30)31/h2,11-18,24H,1,3-10,19H2,(H,32,34)(H,33,35)(H,36,37). The summed E-state index contributed by atoms with van der Waals surface area (Å²) in [6.45, 7) is 3.70. The van der Waals surface area contributed by atoms with Gasteiger partial charge in [-0.3, -0.25) is 9.59 Å². The fourth-order valence-electron chi connectivity index (χ4n) is 3.84. The SMILES string of the molecule is C=CCCCCCCCCC(=O)Nc1ccc(C(Cc2ccc(C(F)(F)F)cc2)NC(=O)C(=O)O)cc1. The molecule has 0 aliphatic carbocycles. The Labute approximate surface area is 215 Å². The van der Waals surface area contributed by atoms with Gasteiger partial charge in [-0.1, -0.05) is 56.0 Å². The van der Waals surface area contributed by atoms with Gasteiger partial charge >= 0.3 is 18.1 Å². The van der Waals surface area contributed by atoms with Crippen LogP contribution in [0.25, 0.3) is 0 Å². The molecular weight excluding hydrogens is 485 g/mol. The highest BCUT2D eigenvalue weighted by molar-refractivity contribution is 6.31. The van der Waals surface area contributed by atoms with E-state index in [1.54, 1.807) is 24.3 Å². The summed E-state index contributed by atoms with van der Waals surface area (Å²) in [5.74, 6) is -3.01. The first kappa shape index (κ1) is 29.6. The van der Waals surface area contributed by atoms with E-state index in [4.69, 9.17) is 5.11 Å². The maximum Gasteiger partial charge on any atom is 0.416 e. The lowest BCUT2D eigenvalue weighted by atomic mass is 9.97. The monoisotopic (exact) mass is 518 g/mol. The van der Waals surface area contributed by atoms with Crippen molar-refractivity contribution in [1.82, 2.24) is 5.32 Å². The zero-order valence-corrected chi connectivity index (χ0v) is 20.7.